The quantitative estimate of drug-likeness (QED) is 0.341. The van der Waals surface area contributed by atoms with Gasteiger partial charge in [0.15, 0.2) is 0 Å². The number of H-pyrrole nitrogens is 1. The van der Waals surface area contributed by atoms with Gasteiger partial charge in [-0.3, -0.25) is 15.1 Å². The summed E-state index contributed by atoms with van der Waals surface area (Å²) in [4.78, 5) is 14.6. The maximum absolute atomic E-state index is 13.7. The first-order chi connectivity index (χ1) is 15.8. The molecule has 170 valence electrons. The molecule has 1 amide bonds. The Labute approximate surface area is 188 Å². The zero-order valence-corrected chi connectivity index (χ0v) is 18.4. The lowest BCUT2D eigenvalue weighted by Gasteiger charge is -2.18. The summed E-state index contributed by atoms with van der Waals surface area (Å²) in [5.41, 5.74) is 3.19. The average Bonchev–Trinajstić information content (AvgIpc) is 3.27. The van der Waals surface area contributed by atoms with Crippen molar-refractivity contribution in [1.82, 2.24) is 15.1 Å². The number of rotatable bonds is 6. The first kappa shape index (κ1) is 22.2. The van der Waals surface area contributed by atoms with E-state index in [1.165, 1.54) is 23.2 Å². The van der Waals surface area contributed by atoms with Crippen LogP contribution in [0.3, 0.4) is 0 Å². The van der Waals surface area contributed by atoms with E-state index in [1.807, 2.05) is 0 Å². The largest absolute Gasteiger partial charge is 0.493 e. The molecule has 9 heteroatoms. The summed E-state index contributed by atoms with van der Waals surface area (Å²) in [7, 11) is 1.64. The van der Waals surface area contributed by atoms with E-state index in [1.54, 1.807) is 45.3 Å². The minimum atomic E-state index is -0.698. The Morgan fingerprint density at radius 1 is 1.21 bits per heavy atom. The lowest BCUT2D eigenvalue weighted by Crippen LogP contribution is -2.35. The van der Waals surface area contributed by atoms with E-state index >= 15 is 0 Å². The Morgan fingerprint density at radius 3 is 2.64 bits per heavy atom. The molecule has 0 bridgehead atoms. The second-order valence-electron chi connectivity index (χ2n) is 7.71. The van der Waals surface area contributed by atoms with E-state index < -0.39 is 11.6 Å². The number of halogens is 2. The fourth-order valence-electron chi connectivity index (χ4n) is 3.78. The van der Waals surface area contributed by atoms with Gasteiger partial charge < -0.3 is 9.64 Å². The van der Waals surface area contributed by atoms with Gasteiger partial charge in [-0.25, -0.2) is 8.78 Å². The van der Waals surface area contributed by atoms with E-state index in [0.29, 0.717) is 40.3 Å². The molecular weight excluding hydrogens is 430 g/mol. The van der Waals surface area contributed by atoms with Crippen molar-refractivity contribution in [3.63, 3.8) is 0 Å². The van der Waals surface area contributed by atoms with Gasteiger partial charge in [0.1, 0.15) is 17.4 Å². The molecule has 0 saturated carbocycles. The molecule has 33 heavy (non-hydrogen) atoms. The van der Waals surface area contributed by atoms with E-state index in [2.05, 4.69) is 10.2 Å². The number of carbonyl (C=O) groups is 1. The Hall–Kier alpha value is -4.01. The van der Waals surface area contributed by atoms with Crippen molar-refractivity contribution in [1.29, 1.82) is 0 Å². The molecule has 2 aromatic carbocycles. The highest BCUT2D eigenvalue weighted by molar-refractivity contribution is 5.95. The molecule has 4 aromatic rings. The molecule has 2 heterocycles. The third-order valence-corrected chi connectivity index (χ3v) is 5.43. The summed E-state index contributed by atoms with van der Waals surface area (Å²) >= 11 is 0. The number of carbonyl (C=O) groups excluding carboxylic acids is 1. The van der Waals surface area contributed by atoms with Crippen molar-refractivity contribution in [2.24, 2.45) is 0 Å². The molecule has 2 aromatic heterocycles. The summed E-state index contributed by atoms with van der Waals surface area (Å²) in [5, 5.41) is 17.9. The number of amides is 1. The lowest BCUT2D eigenvalue weighted by molar-refractivity contribution is -0.908. The van der Waals surface area contributed by atoms with Crippen LogP contribution in [0.5, 0.6) is 5.75 Å². The number of aromatic nitrogens is 3. The van der Waals surface area contributed by atoms with Crippen LogP contribution < -0.4 is 9.47 Å². The molecule has 4 rings (SSSR count). The fourth-order valence-corrected chi connectivity index (χ4v) is 3.78. The third-order valence-electron chi connectivity index (χ3n) is 5.43. The summed E-state index contributed by atoms with van der Waals surface area (Å²) in [6.07, 6.45) is 3.15. The smallest absolute Gasteiger partial charge is 0.254 e. The highest BCUT2D eigenvalue weighted by Gasteiger charge is 2.21. The van der Waals surface area contributed by atoms with E-state index in [4.69, 9.17) is 4.74 Å². The zero-order valence-electron chi connectivity index (χ0n) is 18.4. The molecule has 0 saturated heterocycles. The second-order valence-corrected chi connectivity index (χ2v) is 7.71. The highest BCUT2D eigenvalue weighted by atomic mass is 19.1. The first-order valence-corrected chi connectivity index (χ1v) is 10.3. The molecule has 0 atom stereocenters. The minimum Gasteiger partial charge on any atom is -0.493 e. The maximum Gasteiger partial charge on any atom is 0.254 e. The first-order valence-electron chi connectivity index (χ1n) is 10.3. The number of aryl methyl sites for hydroxylation is 1. The number of hydrogen-bond acceptors (Lipinski definition) is 4. The lowest BCUT2D eigenvalue weighted by atomic mass is 10.0. The van der Waals surface area contributed by atoms with Crippen LogP contribution in [0.1, 0.15) is 28.5 Å². The number of nitrogens with zero attached hydrogens (tertiary/aromatic N) is 3. The molecule has 0 aliphatic carbocycles. The van der Waals surface area contributed by atoms with Crippen molar-refractivity contribution >= 4 is 16.8 Å². The van der Waals surface area contributed by atoms with Crippen molar-refractivity contribution < 1.29 is 28.2 Å². The monoisotopic (exact) mass is 453 g/mol. The number of hydrogen-bond donors (Lipinski definition) is 2. The van der Waals surface area contributed by atoms with Gasteiger partial charge in [0.2, 0.25) is 11.9 Å². The molecule has 0 aliphatic heterocycles. The molecule has 0 radical (unpaired) electrons. The van der Waals surface area contributed by atoms with Crippen molar-refractivity contribution in [2.45, 2.75) is 20.4 Å². The van der Waals surface area contributed by atoms with Crippen molar-refractivity contribution in [3.05, 3.63) is 77.2 Å². The molecule has 0 fully saturated rings. The van der Waals surface area contributed by atoms with Gasteiger partial charge >= 0.3 is 0 Å². The SMILES string of the molecule is CCOc1cc(C(=O)N(C)Cc2c[n+](O)c(C)c3cn[nH]c23)ccc1-c1cc(F)cc(F)c1. The Morgan fingerprint density at radius 2 is 1.94 bits per heavy atom. The van der Waals surface area contributed by atoms with Crippen LogP contribution >= 0.6 is 0 Å². The fraction of sp³-hybridized carbons (Fsp3) is 0.208. The van der Waals surface area contributed by atoms with Gasteiger partial charge in [-0.05, 0) is 42.8 Å². The van der Waals surface area contributed by atoms with Gasteiger partial charge in [0, 0.05) is 35.9 Å². The van der Waals surface area contributed by atoms with Crippen LogP contribution in [0.15, 0.2) is 48.8 Å². The number of aromatic amines is 1. The molecule has 2 N–H and O–H groups in total. The summed E-state index contributed by atoms with van der Waals surface area (Å²) in [6.45, 7) is 4.07. The number of fused-ring (bicyclic) bond motifs is 1. The number of pyridine rings is 1. The molecular formula is C24H23F2N4O3+. The van der Waals surface area contributed by atoms with Crippen LogP contribution in [0.25, 0.3) is 22.0 Å². The van der Waals surface area contributed by atoms with Crippen LogP contribution in [0.2, 0.25) is 0 Å². The van der Waals surface area contributed by atoms with Crippen molar-refractivity contribution in [2.75, 3.05) is 13.7 Å². The van der Waals surface area contributed by atoms with Gasteiger partial charge in [-0.15, -0.1) is 0 Å². The van der Waals surface area contributed by atoms with Crippen LogP contribution in [0, 0.1) is 18.6 Å². The standard InChI is InChI=1S/C24H22F2N4O3/c1-4-33-22-9-15(5-6-20(22)16-7-18(25)10-19(26)8-16)24(31)29(3)12-17-13-30(32)14(2)21-11-27-28-23(17)21/h5-11,13,32H,4,12H2,1-3H3/p+1. The topological polar surface area (TPSA) is 82.3 Å². The second kappa shape index (κ2) is 8.85. The van der Waals surface area contributed by atoms with Gasteiger partial charge in [0.25, 0.3) is 5.91 Å². The molecule has 0 unspecified atom stereocenters. The van der Waals surface area contributed by atoms with Gasteiger partial charge in [-0.1, -0.05) is 0 Å². The van der Waals surface area contributed by atoms with Crippen molar-refractivity contribution in [3.8, 4) is 16.9 Å². The predicted octanol–water partition coefficient (Wildman–Crippen LogP) is 4.01. The maximum atomic E-state index is 13.7. The summed E-state index contributed by atoms with van der Waals surface area (Å²) in [5.74, 6) is -1.33. The minimum absolute atomic E-state index is 0.208. The van der Waals surface area contributed by atoms with E-state index in [0.717, 1.165) is 21.7 Å². The number of ether oxygens (including phenoxy) is 1. The molecule has 0 aliphatic rings. The average molecular weight is 453 g/mol. The molecule has 7 nitrogen and oxygen atoms in total. The zero-order chi connectivity index (χ0) is 23.7. The molecule has 0 spiro atoms. The highest BCUT2D eigenvalue weighted by Crippen LogP contribution is 2.32. The Balaban J connectivity index is 1.65. The van der Waals surface area contributed by atoms with Gasteiger partial charge in [-0.2, -0.15) is 5.10 Å². The van der Waals surface area contributed by atoms with E-state index in [-0.39, 0.29) is 12.5 Å². The van der Waals surface area contributed by atoms with Crippen LogP contribution in [0.4, 0.5) is 8.78 Å². The predicted molar refractivity (Wildman–Crippen MR) is 117 cm³/mol. The van der Waals surface area contributed by atoms with Crippen LogP contribution in [-0.4, -0.2) is 39.9 Å². The Bertz CT molecular complexity index is 1330. The normalized spacial score (nSPS) is 11.1. The summed E-state index contributed by atoms with van der Waals surface area (Å²) in [6, 6.07) is 7.99. The Kier molecular flexibility index (Phi) is 5.95. The number of benzene rings is 2. The summed E-state index contributed by atoms with van der Waals surface area (Å²) < 4.78 is 34.1. The third kappa shape index (κ3) is 4.34. The number of nitrogens with one attached hydrogen (secondary N) is 1. The van der Waals surface area contributed by atoms with E-state index in [9.17, 15) is 18.8 Å². The van der Waals surface area contributed by atoms with Gasteiger partial charge in [0.05, 0.1) is 35.8 Å². The van der Waals surface area contributed by atoms with Crippen LogP contribution in [-0.2, 0) is 6.54 Å².